The number of carbonyl (C=O) groups is 2. The Bertz CT molecular complexity index is 731. The molecule has 1 aromatic heterocycles. The number of hydrogen-bond acceptors (Lipinski definition) is 4. The number of benzene rings is 1. The normalized spacial score (nSPS) is 10.2. The summed E-state index contributed by atoms with van der Waals surface area (Å²) >= 11 is 0. The summed E-state index contributed by atoms with van der Waals surface area (Å²) in [6.07, 6.45) is 1.83. The predicted octanol–water partition coefficient (Wildman–Crippen LogP) is 2.61. The molecule has 6 nitrogen and oxygen atoms in total. The molecule has 0 fully saturated rings. The number of rotatable bonds is 7. The monoisotopic (exact) mass is 341 g/mol. The molecule has 2 amide bonds. The molecule has 0 aliphatic carbocycles. The van der Waals surface area contributed by atoms with Gasteiger partial charge in [-0.2, -0.15) is 0 Å². The number of aryl methyl sites for hydroxylation is 1. The van der Waals surface area contributed by atoms with E-state index in [-0.39, 0.29) is 12.5 Å². The molecule has 0 unspecified atom stereocenters. The fourth-order valence-corrected chi connectivity index (χ4v) is 2.36. The minimum absolute atomic E-state index is 0.159. The van der Waals surface area contributed by atoms with Crippen LogP contribution in [0.1, 0.15) is 34.1 Å². The Kier molecular flexibility index (Phi) is 6.95. The van der Waals surface area contributed by atoms with Crippen LogP contribution in [0.2, 0.25) is 0 Å². The zero-order chi connectivity index (χ0) is 18.1. The van der Waals surface area contributed by atoms with Gasteiger partial charge in [0.15, 0.2) is 0 Å². The van der Waals surface area contributed by atoms with Crippen molar-refractivity contribution in [1.29, 1.82) is 0 Å². The average molecular weight is 341 g/mol. The molecule has 0 aliphatic rings. The van der Waals surface area contributed by atoms with Gasteiger partial charge in [0.25, 0.3) is 5.91 Å². The van der Waals surface area contributed by atoms with Crippen molar-refractivity contribution >= 4 is 12.0 Å². The first kappa shape index (κ1) is 18.4. The van der Waals surface area contributed by atoms with E-state index in [0.29, 0.717) is 24.4 Å². The second-order valence-corrected chi connectivity index (χ2v) is 5.54. The first-order valence-corrected chi connectivity index (χ1v) is 8.28. The molecule has 0 saturated carbocycles. The van der Waals surface area contributed by atoms with Crippen LogP contribution in [0, 0.1) is 6.92 Å². The zero-order valence-electron chi connectivity index (χ0n) is 14.5. The lowest BCUT2D eigenvalue weighted by Gasteiger charge is -2.09. The third-order valence-corrected chi connectivity index (χ3v) is 3.71. The van der Waals surface area contributed by atoms with Gasteiger partial charge in [0.2, 0.25) is 0 Å². The molecule has 25 heavy (non-hydrogen) atoms. The van der Waals surface area contributed by atoms with Crippen molar-refractivity contribution in [1.82, 2.24) is 15.6 Å². The van der Waals surface area contributed by atoms with Crippen molar-refractivity contribution in [2.75, 3.05) is 13.2 Å². The van der Waals surface area contributed by atoms with Crippen molar-refractivity contribution < 1.29 is 14.3 Å². The van der Waals surface area contributed by atoms with E-state index in [9.17, 15) is 9.59 Å². The topological polar surface area (TPSA) is 80.3 Å². The number of ether oxygens (including phenoxy) is 1. The summed E-state index contributed by atoms with van der Waals surface area (Å²) in [6, 6.07) is 11.4. The van der Waals surface area contributed by atoms with Crippen LogP contribution < -0.4 is 10.6 Å². The lowest BCUT2D eigenvalue weighted by atomic mass is 10.1. The van der Waals surface area contributed by atoms with Crippen LogP contribution in [0.3, 0.4) is 0 Å². The van der Waals surface area contributed by atoms with E-state index in [1.165, 1.54) is 11.1 Å². The molecule has 0 spiro atoms. The third-order valence-electron chi connectivity index (χ3n) is 3.71. The van der Waals surface area contributed by atoms with Crippen LogP contribution in [-0.4, -0.2) is 30.1 Å². The van der Waals surface area contributed by atoms with Gasteiger partial charge in [-0.3, -0.25) is 9.78 Å². The van der Waals surface area contributed by atoms with Crippen molar-refractivity contribution in [2.24, 2.45) is 0 Å². The van der Waals surface area contributed by atoms with Gasteiger partial charge in [-0.15, -0.1) is 0 Å². The lowest BCUT2D eigenvalue weighted by molar-refractivity contribution is 0.0954. The molecule has 2 rings (SSSR count). The molecule has 2 N–H and O–H groups in total. The van der Waals surface area contributed by atoms with Crippen LogP contribution in [0.15, 0.2) is 42.6 Å². The summed E-state index contributed by atoms with van der Waals surface area (Å²) in [5, 5.41) is 5.49. The van der Waals surface area contributed by atoms with Gasteiger partial charge in [-0.25, -0.2) is 4.79 Å². The summed E-state index contributed by atoms with van der Waals surface area (Å²) in [4.78, 5) is 27.7. The van der Waals surface area contributed by atoms with Gasteiger partial charge < -0.3 is 15.4 Å². The van der Waals surface area contributed by atoms with E-state index in [2.05, 4.69) is 34.7 Å². The maximum Gasteiger partial charge on any atom is 0.407 e. The van der Waals surface area contributed by atoms with E-state index in [0.717, 1.165) is 6.42 Å². The molecule has 132 valence electrons. The minimum atomic E-state index is -0.502. The summed E-state index contributed by atoms with van der Waals surface area (Å²) < 4.78 is 4.79. The molecule has 0 atom stereocenters. The van der Waals surface area contributed by atoms with E-state index in [1.807, 2.05) is 12.1 Å². The highest BCUT2D eigenvalue weighted by molar-refractivity contribution is 5.94. The quantitative estimate of drug-likeness (QED) is 0.811. The fourth-order valence-electron chi connectivity index (χ4n) is 2.36. The molecule has 6 heteroatoms. The number of nitrogens with zero attached hydrogens (tertiary/aromatic N) is 1. The van der Waals surface area contributed by atoms with Gasteiger partial charge in [0.1, 0.15) is 0 Å². The van der Waals surface area contributed by atoms with Gasteiger partial charge in [-0.1, -0.05) is 24.3 Å². The summed E-state index contributed by atoms with van der Waals surface area (Å²) in [6.45, 7) is 4.87. The first-order chi connectivity index (χ1) is 12.1. The molecule has 0 saturated heterocycles. The highest BCUT2D eigenvalue weighted by atomic mass is 16.5. The SMILES string of the molecule is CCOC(=O)NCc1cc(C(=O)NCCc2ccccc2C)ccn1. The molecule has 0 radical (unpaired) electrons. The van der Waals surface area contributed by atoms with Crippen LogP contribution in [0.25, 0.3) is 0 Å². The van der Waals surface area contributed by atoms with E-state index < -0.39 is 6.09 Å². The maximum atomic E-state index is 12.3. The summed E-state index contributed by atoms with van der Waals surface area (Å²) in [5.41, 5.74) is 3.55. The standard InChI is InChI=1S/C19H23N3O3/c1-3-25-19(24)22-13-17-12-16(9-10-20-17)18(23)21-11-8-15-7-5-4-6-14(15)2/h4-7,9-10,12H,3,8,11,13H2,1-2H3,(H,21,23)(H,22,24). The van der Waals surface area contributed by atoms with Gasteiger partial charge in [0.05, 0.1) is 18.8 Å². The molecule has 1 heterocycles. The van der Waals surface area contributed by atoms with Crippen molar-refractivity contribution in [2.45, 2.75) is 26.8 Å². The zero-order valence-corrected chi connectivity index (χ0v) is 14.5. The molecular formula is C19H23N3O3. The Balaban J connectivity index is 1.86. The predicted molar refractivity (Wildman–Crippen MR) is 95.3 cm³/mol. The Morgan fingerprint density at radius 3 is 2.72 bits per heavy atom. The number of aromatic nitrogens is 1. The van der Waals surface area contributed by atoms with Crippen LogP contribution >= 0.6 is 0 Å². The molecule has 1 aromatic carbocycles. The summed E-state index contributed by atoms with van der Waals surface area (Å²) in [7, 11) is 0. The van der Waals surface area contributed by atoms with E-state index in [4.69, 9.17) is 4.74 Å². The van der Waals surface area contributed by atoms with Crippen LogP contribution in [0.4, 0.5) is 4.79 Å². The maximum absolute atomic E-state index is 12.3. The summed E-state index contributed by atoms with van der Waals surface area (Å²) in [5.74, 6) is -0.159. The van der Waals surface area contributed by atoms with Crippen LogP contribution in [-0.2, 0) is 17.7 Å². The Hall–Kier alpha value is -2.89. The highest BCUT2D eigenvalue weighted by Gasteiger charge is 2.08. The Labute approximate surface area is 147 Å². The van der Waals surface area contributed by atoms with Crippen molar-refractivity contribution in [3.8, 4) is 0 Å². The average Bonchev–Trinajstić information content (AvgIpc) is 2.62. The minimum Gasteiger partial charge on any atom is -0.450 e. The van der Waals surface area contributed by atoms with Gasteiger partial charge in [-0.05, 0) is 43.5 Å². The Morgan fingerprint density at radius 1 is 1.16 bits per heavy atom. The number of nitrogens with one attached hydrogen (secondary N) is 2. The molecule has 2 aromatic rings. The Morgan fingerprint density at radius 2 is 1.96 bits per heavy atom. The van der Waals surface area contributed by atoms with Crippen molar-refractivity contribution in [3.63, 3.8) is 0 Å². The highest BCUT2D eigenvalue weighted by Crippen LogP contribution is 2.07. The largest absolute Gasteiger partial charge is 0.450 e. The van der Waals surface area contributed by atoms with E-state index in [1.54, 1.807) is 25.3 Å². The third kappa shape index (κ3) is 5.91. The number of alkyl carbamates (subject to hydrolysis) is 1. The first-order valence-electron chi connectivity index (χ1n) is 8.28. The van der Waals surface area contributed by atoms with Gasteiger partial charge >= 0.3 is 6.09 Å². The second-order valence-electron chi connectivity index (χ2n) is 5.54. The molecule has 0 aliphatic heterocycles. The number of carbonyl (C=O) groups excluding carboxylic acids is 2. The van der Waals surface area contributed by atoms with Crippen molar-refractivity contribution in [3.05, 3.63) is 65.0 Å². The second kappa shape index (κ2) is 9.42. The fraction of sp³-hybridized carbons (Fsp3) is 0.316. The number of pyridine rings is 1. The lowest BCUT2D eigenvalue weighted by Crippen LogP contribution is -2.27. The number of hydrogen-bond donors (Lipinski definition) is 2. The number of amides is 2. The van der Waals surface area contributed by atoms with E-state index >= 15 is 0 Å². The molecule has 0 bridgehead atoms. The van der Waals surface area contributed by atoms with Gasteiger partial charge in [0, 0.05) is 18.3 Å². The smallest absolute Gasteiger partial charge is 0.407 e. The molecular weight excluding hydrogens is 318 g/mol. The van der Waals surface area contributed by atoms with Crippen LogP contribution in [0.5, 0.6) is 0 Å².